The van der Waals surface area contributed by atoms with Crippen LogP contribution in [0.4, 0.5) is 0 Å². The maximum atomic E-state index is 12.8. The highest BCUT2D eigenvalue weighted by Crippen LogP contribution is 2.47. The van der Waals surface area contributed by atoms with Crippen LogP contribution < -0.4 is 0 Å². The van der Waals surface area contributed by atoms with Crippen LogP contribution in [0.2, 0.25) is 0 Å². The van der Waals surface area contributed by atoms with E-state index in [9.17, 15) is 44.6 Å². The Labute approximate surface area is 324 Å². The highest BCUT2D eigenvalue weighted by Gasteiger charge is 2.51. The molecule has 54 heavy (non-hydrogen) atoms. The van der Waals surface area contributed by atoms with Crippen molar-refractivity contribution in [2.45, 2.75) is 217 Å². The Hall–Kier alpha value is -1.41. The third-order valence-electron chi connectivity index (χ3n) is 9.86. The maximum Gasteiger partial charge on any atom is 0.472 e. The molecule has 1 fully saturated rings. The first-order valence-electron chi connectivity index (χ1n) is 21.0. The summed E-state index contributed by atoms with van der Waals surface area (Å²) in [5.41, 5.74) is 0. The number of hydrogen-bond acceptors (Lipinski definition) is 12. The van der Waals surface area contributed by atoms with Crippen molar-refractivity contribution in [1.82, 2.24) is 0 Å². The minimum absolute atomic E-state index is 0.0983. The summed E-state index contributed by atoms with van der Waals surface area (Å²) in [6, 6.07) is 0. The first-order valence-corrected chi connectivity index (χ1v) is 22.5. The standard InChI is InChI=1S/C40H75O13P/c1-3-5-7-9-11-13-15-17-19-20-22-24-26-28-33(41)50-30-32(52-34(42)29-27-25-23-21-18-16-14-12-10-8-6-4-2)31-51-54(48,49)53-40-38(46)36(44)35(43)37(45)39(40)47/h17,19,32,35-40,43-47H,3-16,18,20-31H2,1-2H3,(H,48,49)/b19-17+/t32-,35?,36-,37?,38?,39?,40?/m1/s1. The summed E-state index contributed by atoms with van der Waals surface area (Å²) in [5, 5.41) is 50.0. The van der Waals surface area contributed by atoms with Gasteiger partial charge in [0, 0.05) is 12.8 Å². The second-order valence-corrected chi connectivity index (χ2v) is 16.3. The molecule has 318 valence electrons. The normalized spacial score (nSPS) is 23.3. The van der Waals surface area contributed by atoms with Gasteiger partial charge >= 0.3 is 19.8 Å². The summed E-state index contributed by atoms with van der Waals surface area (Å²) >= 11 is 0. The lowest BCUT2D eigenvalue weighted by molar-refractivity contribution is -0.220. The molecule has 1 saturated carbocycles. The zero-order valence-electron chi connectivity index (χ0n) is 33.3. The molecule has 0 aliphatic heterocycles. The van der Waals surface area contributed by atoms with E-state index < -0.39 is 75.7 Å². The molecule has 1 aliphatic carbocycles. The molecule has 6 unspecified atom stereocenters. The third-order valence-corrected chi connectivity index (χ3v) is 10.8. The van der Waals surface area contributed by atoms with Gasteiger partial charge < -0.3 is 39.9 Å². The molecule has 0 bridgehead atoms. The molecule has 0 spiro atoms. The zero-order valence-corrected chi connectivity index (χ0v) is 34.2. The predicted octanol–water partition coefficient (Wildman–Crippen LogP) is 7.11. The Morgan fingerprint density at radius 3 is 1.43 bits per heavy atom. The minimum Gasteiger partial charge on any atom is -0.462 e. The molecule has 6 N–H and O–H groups in total. The Balaban J connectivity index is 2.52. The Morgan fingerprint density at radius 2 is 0.944 bits per heavy atom. The number of phosphoric ester groups is 1. The van der Waals surface area contributed by atoms with Crippen LogP contribution in [0.15, 0.2) is 12.2 Å². The van der Waals surface area contributed by atoms with E-state index in [2.05, 4.69) is 26.0 Å². The van der Waals surface area contributed by atoms with E-state index in [0.29, 0.717) is 12.8 Å². The topological polar surface area (TPSA) is 210 Å². The average molecular weight is 795 g/mol. The van der Waals surface area contributed by atoms with Crippen molar-refractivity contribution >= 4 is 19.8 Å². The number of rotatable bonds is 34. The van der Waals surface area contributed by atoms with Crippen molar-refractivity contribution in [3.63, 3.8) is 0 Å². The van der Waals surface area contributed by atoms with Crippen LogP contribution in [-0.2, 0) is 32.7 Å². The molecule has 14 heteroatoms. The molecule has 0 saturated heterocycles. The van der Waals surface area contributed by atoms with Crippen LogP contribution in [0, 0.1) is 0 Å². The third kappa shape index (κ3) is 24.3. The fourth-order valence-corrected chi connectivity index (χ4v) is 7.37. The fraction of sp³-hybridized carbons (Fsp3) is 0.900. The summed E-state index contributed by atoms with van der Waals surface area (Å²) in [4.78, 5) is 35.5. The van der Waals surface area contributed by atoms with Gasteiger partial charge in [0.25, 0.3) is 0 Å². The SMILES string of the molecule is CCCCCCCC/C=C/CCCCCC(=O)OC[C@H](COP(=O)(O)OC1C(O)C(O)C(O)[C@@H](O)C1O)OC(=O)CCCCCCCCCCCCCC. The Kier molecular flexibility index (Phi) is 29.7. The van der Waals surface area contributed by atoms with Crippen molar-refractivity contribution in [2.75, 3.05) is 13.2 Å². The minimum atomic E-state index is -5.11. The number of carbonyl (C=O) groups is 2. The molecule has 0 heterocycles. The second kappa shape index (κ2) is 31.6. The van der Waals surface area contributed by atoms with Gasteiger partial charge in [0.15, 0.2) is 6.10 Å². The number of unbranched alkanes of at least 4 members (excludes halogenated alkanes) is 20. The van der Waals surface area contributed by atoms with Crippen LogP contribution in [0.3, 0.4) is 0 Å². The van der Waals surface area contributed by atoms with Gasteiger partial charge in [-0.2, -0.15) is 0 Å². The van der Waals surface area contributed by atoms with Crippen LogP contribution in [0.5, 0.6) is 0 Å². The Bertz CT molecular complexity index is 1010. The monoisotopic (exact) mass is 794 g/mol. The zero-order chi connectivity index (χ0) is 40.0. The van der Waals surface area contributed by atoms with E-state index in [0.717, 1.165) is 51.4 Å². The highest BCUT2D eigenvalue weighted by atomic mass is 31.2. The number of carbonyl (C=O) groups excluding carboxylic acids is 2. The number of aliphatic hydroxyl groups excluding tert-OH is 5. The largest absolute Gasteiger partial charge is 0.472 e. The summed E-state index contributed by atoms with van der Waals surface area (Å²) in [7, 11) is -5.11. The van der Waals surface area contributed by atoms with Gasteiger partial charge in [0.1, 0.15) is 43.2 Å². The van der Waals surface area contributed by atoms with Crippen molar-refractivity contribution in [2.24, 2.45) is 0 Å². The maximum absolute atomic E-state index is 12.8. The molecule has 0 aromatic carbocycles. The van der Waals surface area contributed by atoms with Crippen LogP contribution in [0.25, 0.3) is 0 Å². The summed E-state index contributed by atoms with van der Waals surface area (Å²) in [6.07, 6.45) is 17.1. The lowest BCUT2D eigenvalue weighted by Gasteiger charge is -2.41. The van der Waals surface area contributed by atoms with Gasteiger partial charge in [0.2, 0.25) is 0 Å². The van der Waals surface area contributed by atoms with Crippen LogP contribution in [0.1, 0.15) is 174 Å². The van der Waals surface area contributed by atoms with Gasteiger partial charge in [-0.15, -0.1) is 0 Å². The van der Waals surface area contributed by atoms with Gasteiger partial charge in [0.05, 0.1) is 6.61 Å². The van der Waals surface area contributed by atoms with E-state index in [-0.39, 0.29) is 12.8 Å². The molecular formula is C40H75O13P. The van der Waals surface area contributed by atoms with E-state index in [1.54, 1.807) is 0 Å². The molecule has 8 atom stereocenters. The second-order valence-electron chi connectivity index (χ2n) is 14.8. The summed E-state index contributed by atoms with van der Waals surface area (Å²) in [6.45, 7) is 3.25. The van der Waals surface area contributed by atoms with Crippen molar-refractivity contribution in [3.05, 3.63) is 12.2 Å². The van der Waals surface area contributed by atoms with E-state index in [4.69, 9.17) is 18.5 Å². The quantitative estimate of drug-likeness (QED) is 0.0166. The fourth-order valence-electron chi connectivity index (χ4n) is 6.40. The number of esters is 2. The highest BCUT2D eigenvalue weighted by molar-refractivity contribution is 7.47. The van der Waals surface area contributed by atoms with Gasteiger partial charge in [-0.05, 0) is 38.5 Å². The molecule has 1 aliphatic rings. The molecule has 13 nitrogen and oxygen atoms in total. The van der Waals surface area contributed by atoms with Crippen molar-refractivity contribution in [3.8, 4) is 0 Å². The molecule has 0 aromatic heterocycles. The smallest absolute Gasteiger partial charge is 0.462 e. The summed E-state index contributed by atoms with van der Waals surface area (Å²) < 4.78 is 33.4. The molecule has 0 amide bonds. The number of ether oxygens (including phenoxy) is 2. The summed E-state index contributed by atoms with van der Waals surface area (Å²) in [5.74, 6) is -1.11. The number of allylic oxidation sites excluding steroid dienone is 2. The van der Waals surface area contributed by atoms with Crippen molar-refractivity contribution in [1.29, 1.82) is 0 Å². The predicted molar refractivity (Wildman–Crippen MR) is 207 cm³/mol. The van der Waals surface area contributed by atoms with Crippen molar-refractivity contribution < 1.29 is 63.1 Å². The molecule has 1 rings (SSSR count). The molecule has 0 radical (unpaired) electrons. The number of phosphoric acid groups is 1. The Morgan fingerprint density at radius 1 is 0.556 bits per heavy atom. The van der Waals surface area contributed by atoms with Crippen LogP contribution >= 0.6 is 7.82 Å². The van der Waals surface area contributed by atoms with Gasteiger partial charge in [-0.3, -0.25) is 18.6 Å². The van der Waals surface area contributed by atoms with Gasteiger partial charge in [-0.25, -0.2) is 4.57 Å². The van der Waals surface area contributed by atoms with E-state index in [1.807, 2.05) is 0 Å². The number of aliphatic hydroxyl groups is 5. The lowest BCUT2D eigenvalue weighted by Crippen LogP contribution is -2.64. The molecular weight excluding hydrogens is 719 g/mol. The van der Waals surface area contributed by atoms with E-state index in [1.165, 1.54) is 83.5 Å². The number of hydrogen-bond donors (Lipinski definition) is 6. The van der Waals surface area contributed by atoms with Gasteiger partial charge in [-0.1, -0.05) is 135 Å². The van der Waals surface area contributed by atoms with E-state index >= 15 is 0 Å². The first-order chi connectivity index (χ1) is 25.9. The average Bonchev–Trinajstić information content (AvgIpc) is 3.15. The lowest BCUT2D eigenvalue weighted by atomic mass is 9.85. The first kappa shape index (κ1) is 50.6. The molecule has 0 aromatic rings. The van der Waals surface area contributed by atoms with Crippen LogP contribution in [-0.4, -0.2) is 98.3 Å².